The van der Waals surface area contributed by atoms with Gasteiger partial charge in [0.2, 0.25) is 5.91 Å². The van der Waals surface area contributed by atoms with Crippen LogP contribution in [0.4, 0.5) is 0 Å². The van der Waals surface area contributed by atoms with Crippen molar-refractivity contribution in [2.24, 2.45) is 17.1 Å². The van der Waals surface area contributed by atoms with E-state index >= 15 is 0 Å². The van der Waals surface area contributed by atoms with Crippen molar-refractivity contribution in [1.82, 2.24) is 5.32 Å². The maximum Gasteiger partial charge on any atom is 0.227 e. The van der Waals surface area contributed by atoms with Crippen LogP contribution in [0.25, 0.3) is 0 Å². The Bertz CT molecular complexity index is 255. The van der Waals surface area contributed by atoms with Gasteiger partial charge in [0.1, 0.15) is 0 Å². The Morgan fingerprint density at radius 2 is 2.25 bits per heavy atom. The molecule has 4 nitrogen and oxygen atoms in total. The molecule has 16 heavy (non-hydrogen) atoms. The molecule has 0 aromatic rings. The van der Waals surface area contributed by atoms with Crippen LogP contribution in [0.2, 0.25) is 0 Å². The summed E-state index contributed by atoms with van der Waals surface area (Å²) >= 11 is 0. The smallest absolute Gasteiger partial charge is 0.227 e. The second-order valence-electron chi connectivity index (χ2n) is 5.42. The van der Waals surface area contributed by atoms with Crippen LogP contribution >= 0.6 is 0 Å². The Kier molecular flexibility index (Phi) is 4.33. The van der Waals surface area contributed by atoms with E-state index in [1.807, 2.05) is 20.8 Å². The normalized spacial score (nSPS) is 31.8. The molecule has 94 valence electrons. The predicted molar refractivity (Wildman–Crippen MR) is 63.8 cm³/mol. The fourth-order valence-corrected chi connectivity index (χ4v) is 2.23. The second-order valence-corrected chi connectivity index (χ2v) is 5.42. The van der Waals surface area contributed by atoms with Gasteiger partial charge < -0.3 is 16.2 Å². The number of aliphatic hydroxyl groups excluding tert-OH is 1. The predicted octanol–water partition coefficient (Wildman–Crippen LogP) is 0.637. The van der Waals surface area contributed by atoms with Gasteiger partial charge in [-0.15, -0.1) is 0 Å². The van der Waals surface area contributed by atoms with Crippen molar-refractivity contribution < 1.29 is 9.90 Å². The number of nitrogens with one attached hydrogen (secondary N) is 1. The topological polar surface area (TPSA) is 75.3 Å². The zero-order chi connectivity index (χ0) is 12.3. The molecule has 1 rings (SSSR count). The van der Waals surface area contributed by atoms with Crippen LogP contribution in [0, 0.1) is 11.3 Å². The first-order valence-electron chi connectivity index (χ1n) is 6.09. The molecule has 4 heteroatoms. The number of carbonyl (C=O) groups excluding carboxylic acids is 1. The van der Waals surface area contributed by atoms with Crippen molar-refractivity contribution in [1.29, 1.82) is 0 Å². The van der Waals surface area contributed by atoms with E-state index in [4.69, 9.17) is 5.73 Å². The summed E-state index contributed by atoms with van der Waals surface area (Å²) in [4.78, 5) is 12.1. The van der Waals surface area contributed by atoms with Crippen LogP contribution in [-0.4, -0.2) is 29.7 Å². The molecule has 0 saturated heterocycles. The molecule has 0 aromatic carbocycles. The summed E-state index contributed by atoms with van der Waals surface area (Å²) < 4.78 is 0. The molecule has 0 bridgehead atoms. The third-order valence-corrected chi connectivity index (χ3v) is 3.87. The van der Waals surface area contributed by atoms with E-state index < -0.39 is 5.41 Å². The molecule has 4 N–H and O–H groups in total. The van der Waals surface area contributed by atoms with Gasteiger partial charge in [0, 0.05) is 6.04 Å². The minimum Gasteiger partial charge on any atom is -0.394 e. The van der Waals surface area contributed by atoms with E-state index in [-0.39, 0.29) is 30.5 Å². The summed E-state index contributed by atoms with van der Waals surface area (Å²) in [7, 11) is 0. The molecule has 1 fully saturated rings. The lowest BCUT2D eigenvalue weighted by atomic mass is 9.83. The summed E-state index contributed by atoms with van der Waals surface area (Å²) in [6.07, 6.45) is 2.77. The molecule has 2 unspecified atom stereocenters. The minimum absolute atomic E-state index is 0.00903. The summed E-state index contributed by atoms with van der Waals surface area (Å²) in [6, 6.07) is -0.226. The third-order valence-electron chi connectivity index (χ3n) is 3.87. The summed E-state index contributed by atoms with van der Waals surface area (Å²) in [5, 5.41) is 12.1. The number of carbonyl (C=O) groups is 1. The molecule has 1 aliphatic carbocycles. The van der Waals surface area contributed by atoms with Crippen molar-refractivity contribution in [3.63, 3.8) is 0 Å². The Morgan fingerprint density at radius 1 is 1.62 bits per heavy atom. The fourth-order valence-electron chi connectivity index (χ4n) is 2.23. The highest BCUT2D eigenvalue weighted by Crippen LogP contribution is 2.36. The van der Waals surface area contributed by atoms with Gasteiger partial charge in [0.25, 0.3) is 0 Å². The number of hydrogen-bond donors (Lipinski definition) is 3. The molecule has 1 amide bonds. The maximum atomic E-state index is 12.1. The molecule has 1 aliphatic rings. The van der Waals surface area contributed by atoms with Gasteiger partial charge >= 0.3 is 0 Å². The Balaban J connectivity index is 2.64. The Hall–Kier alpha value is -0.610. The number of nitrogens with two attached hydrogens (primary N) is 1. The lowest BCUT2D eigenvalue weighted by Crippen LogP contribution is -2.52. The van der Waals surface area contributed by atoms with E-state index in [0.29, 0.717) is 0 Å². The number of aliphatic hydroxyl groups is 1. The lowest BCUT2D eigenvalue weighted by molar-refractivity contribution is -0.132. The van der Waals surface area contributed by atoms with Crippen LogP contribution in [0.1, 0.15) is 40.0 Å². The molecule has 0 spiro atoms. The summed E-state index contributed by atoms with van der Waals surface area (Å²) in [5.41, 5.74) is 5.53. The number of rotatable bonds is 4. The average molecular weight is 228 g/mol. The molecule has 3 atom stereocenters. The second kappa shape index (κ2) is 5.15. The first-order valence-corrected chi connectivity index (χ1v) is 6.09. The zero-order valence-corrected chi connectivity index (χ0v) is 10.5. The monoisotopic (exact) mass is 228 g/mol. The van der Waals surface area contributed by atoms with Gasteiger partial charge in [-0.05, 0) is 25.7 Å². The van der Waals surface area contributed by atoms with Crippen molar-refractivity contribution >= 4 is 5.91 Å². The van der Waals surface area contributed by atoms with Gasteiger partial charge in [0.05, 0.1) is 18.1 Å². The number of hydrogen-bond acceptors (Lipinski definition) is 3. The van der Waals surface area contributed by atoms with Crippen LogP contribution in [0.15, 0.2) is 0 Å². The van der Waals surface area contributed by atoms with Gasteiger partial charge in [0.15, 0.2) is 0 Å². The van der Waals surface area contributed by atoms with Crippen LogP contribution in [0.3, 0.4) is 0 Å². The van der Waals surface area contributed by atoms with Crippen LogP contribution < -0.4 is 11.1 Å². The SMILES string of the molecule is CC(C)[C@@H](CO)NC(=O)C1(C)CCCC1N. The highest BCUT2D eigenvalue weighted by atomic mass is 16.3. The lowest BCUT2D eigenvalue weighted by Gasteiger charge is -2.31. The van der Waals surface area contributed by atoms with Gasteiger partial charge in [-0.2, -0.15) is 0 Å². The molecule has 0 radical (unpaired) electrons. The van der Waals surface area contributed by atoms with Gasteiger partial charge in [-0.3, -0.25) is 4.79 Å². The molecule has 0 aliphatic heterocycles. The third kappa shape index (κ3) is 2.55. The molecule has 0 aromatic heterocycles. The molecular weight excluding hydrogens is 204 g/mol. The van der Waals surface area contributed by atoms with Crippen molar-refractivity contribution in [3.8, 4) is 0 Å². The standard InChI is InChI=1S/C12H24N2O2/c1-8(2)9(7-15)14-11(16)12(3)6-4-5-10(12)13/h8-10,15H,4-7,13H2,1-3H3,(H,14,16)/t9-,10?,12?/m1/s1. The minimum atomic E-state index is -0.456. The van der Waals surface area contributed by atoms with Crippen LogP contribution in [-0.2, 0) is 4.79 Å². The van der Waals surface area contributed by atoms with Crippen LogP contribution in [0.5, 0.6) is 0 Å². The van der Waals surface area contributed by atoms with E-state index in [0.717, 1.165) is 19.3 Å². The van der Waals surface area contributed by atoms with Crippen molar-refractivity contribution in [2.45, 2.75) is 52.1 Å². The quantitative estimate of drug-likeness (QED) is 0.661. The average Bonchev–Trinajstić information content (AvgIpc) is 2.56. The first-order chi connectivity index (χ1) is 7.41. The molecule has 1 saturated carbocycles. The Morgan fingerprint density at radius 3 is 2.62 bits per heavy atom. The highest BCUT2D eigenvalue weighted by molar-refractivity contribution is 5.83. The zero-order valence-electron chi connectivity index (χ0n) is 10.5. The first kappa shape index (κ1) is 13.5. The van der Waals surface area contributed by atoms with E-state index in [1.54, 1.807) is 0 Å². The maximum absolute atomic E-state index is 12.1. The number of amides is 1. The summed E-state index contributed by atoms with van der Waals surface area (Å²) in [5.74, 6) is 0.223. The highest BCUT2D eigenvalue weighted by Gasteiger charge is 2.43. The van der Waals surface area contributed by atoms with E-state index in [2.05, 4.69) is 5.32 Å². The fraction of sp³-hybridized carbons (Fsp3) is 0.917. The largest absolute Gasteiger partial charge is 0.394 e. The molecule has 0 heterocycles. The van der Waals surface area contributed by atoms with Gasteiger partial charge in [-0.25, -0.2) is 0 Å². The molecular formula is C12H24N2O2. The Labute approximate surface area is 97.6 Å². The summed E-state index contributed by atoms with van der Waals surface area (Å²) in [6.45, 7) is 5.87. The van der Waals surface area contributed by atoms with Gasteiger partial charge in [-0.1, -0.05) is 20.3 Å². The van der Waals surface area contributed by atoms with E-state index in [9.17, 15) is 9.90 Å². The van der Waals surface area contributed by atoms with Crippen molar-refractivity contribution in [2.75, 3.05) is 6.61 Å². The van der Waals surface area contributed by atoms with E-state index in [1.165, 1.54) is 0 Å². The van der Waals surface area contributed by atoms with Crippen molar-refractivity contribution in [3.05, 3.63) is 0 Å².